The van der Waals surface area contributed by atoms with Gasteiger partial charge in [-0.2, -0.15) is 9.97 Å². The molecule has 1 aromatic heterocycles. The summed E-state index contributed by atoms with van der Waals surface area (Å²) in [7, 11) is 4.25. The Morgan fingerprint density at radius 3 is 2.05 bits per heavy atom. The van der Waals surface area contributed by atoms with E-state index in [-0.39, 0.29) is 5.82 Å². The molecule has 1 aromatic carbocycles. The second-order valence-electron chi connectivity index (χ2n) is 4.32. The fraction of sp³-hybridized carbons (Fsp3) is 0.267. The van der Waals surface area contributed by atoms with Crippen molar-refractivity contribution in [2.24, 2.45) is 0 Å². The van der Waals surface area contributed by atoms with Gasteiger partial charge in [-0.15, -0.1) is 0 Å². The van der Waals surface area contributed by atoms with Crippen LogP contribution in [0.3, 0.4) is 0 Å². The number of nitrogens with zero attached hydrogens (tertiary/aromatic N) is 2. The summed E-state index contributed by atoms with van der Waals surface area (Å²) in [6.07, 6.45) is 0. The number of hydrogen-bond acceptors (Lipinski definition) is 6. The summed E-state index contributed by atoms with van der Waals surface area (Å²) in [6.45, 7) is 0. The number of halogens is 1. The number of ether oxygens (including phenoxy) is 3. The maximum Gasteiger partial charge on any atom is 0.320 e. The summed E-state index contributed by atoms with van der Waals surface area (Å²) >= 11 is 5.88. The molecule has 6 nitrogen and oxygen atoms in total. The molecular weight excluding hydrogens is 308 g/mol. The van der Waals surface area contributed by atoms with Crippen molar-refractivity contribution in [2.45, 2.75) is 5.92 Å². The first-order valence-electron chi connectivity index (χ1n) is 6.39. The van der Waals surface area contributed by atoms with Gasteiger partial charge < -0.3 is 14.2 Å². The molecule has 0 radical (unpaired) electrons. The lowest BCUT2D eigenvalue weighted by atomic mass is 9.98. The number of hydrogen-bond donors (Lipinski definition) is 0. The molecule has 1 atom stereocenters. The minimum Gasteiger partial charge on any atom is -0.481 e. The fourth-order valence-electron chi connectivity index (χ4n) is 1.92. The number of benzene rings is 1. The molecule has 116 valence electrons. The standard InChI is InChI=1S/C15H15ClN2O4/c1-20-11-8-12(21-2)18-14(17-11)13(15(19)22-3)9-4-6-10(16)7-5-9/h4-8,13H,1-3H3/t13-/m0/s1. The lowest BCUT2D eigenvalue weighted by Gasteiger charge is -2.15. The molecule has 7 heteroatoms. The van der Waals surface area contributed by atoms with Crippen LogP contribution in [0.1, 0.15) is 17.3 Å². The van der Waals surface area contributed by atoms with E-state index in [2.05, 4.69) is 9.97 Å². The lowest BCUT2D eigenvalue weighted by Crippen LogP contribution is -2.19. The molecule has 0 fully saturated rings. The molecule has 0 spiro atoms. The van der Waals surface area contributed by atoms with Crippen LogP contribution >= 0.6 is 11.6 Å². The Balaban J connectivity index is 2.54. The second kappa shape index (κ2) is 7.09. The van der Waals surface area contributed by atoms with E-state index in [0.29, 0.717) is 22.3 Å². The van der Waals surface area contributed by atoms with Crippen molar-refractivity contribution in [1.29, 1.82) is 0 Å². The Kier molecular flexibility index (Phi) is 5.16. The van der Waals surface area contributed by atoms with E-state index in [9.17, 15) is 4.79 Å². The molecule has 0 saturated carbocycles. The van der Waals surface area contributed by atoms with E-state index in [1.54, 1.807) is 24.3 Å². The molecule has 0 N–H and O–H groups in total. The topological polar surface area (TPSA) is 70.5 Å². The van der Waals surface area contributed by atoms with Gasteiger partial charge in [0.2, 0.25) is 11.8 Å². The van der Waals surface area contributed by atoms with Crippen LogP contribution in [0.2, 0.25) is 5.02 Å². The maximum atomic E-state index is 12.2. The van der Waals surface area contributed by atoms with E-state index >= 15 is 0 Å². The maximum absolute atomic E-state index is 12.2. The molecule has 0 aliphatic carbocycles. The van der Waals surface area contributed by atoms with Gasteiger partial charge in [0.1, 0.15) is 5.92 Å². The molecular formula is C15H15ClN2O4. The zero-order valence-corrected chi connectivity index (χ0v) is 13.1. The minimum absolute atomic E-state index is 0.227. The Hall–Kier alpha value is -2.34. The van der Waals surface area contributed by atoms with Crippen LogP contribution < -0.4 is 9.47 Å². The second-order valence-corrected chi connectivity index (χ2v) is 4.76. The third-order valence-electron chi connectivity index (χ3n) is 3.01. The third-order valence-corrected chi connectivity index (χ3v) is 3.27. The predicted molar refractivity (Wildman–Crippen MR) is 80.4 cm³/mol. The molecule has 0 amide bonds. The molecule has 2 aromatic rings. The zero-order chi connectivity index (χ0) is 16.1. The Morgan fingerprint density at radius 1 is 1.05 bits per heavy atom. The van der Waals surface area contributed by atoms with Gasteiger partial charge in [0.15, 0.2) is 5.82 Å². The van der Waals surface area contributed by atoms with Crippen LogP contribution in [-0.4, -0.2) is 37.3 Å². The number of esters is 1. The van der Waals surface area contributed by atoms with E-state index in [4.69, 9.17) is 25.8 Å². The highest BCUT2D eigenvalue weighted by Crippen LogP contribution is 2.27. The summed E-state index contributed by atoms with van der Waals surface area (Å²) in [5, 5.41) is 0.566. The first-order valence-corrected chi connectivity index (χ1v) is 6.77. The average molecular weight is 323 g/mol. The van der Waals surface area contributed by atoms with Crippen LogP contribution in [0.5, 0.6) is 11.8 Å². The number of rotatable bonds is 5. The van der Waals surface area contributed by atoms with Crippen molar-refractivity contribution >= 4 is 17.6 Å². The van der Waals surface area contributed by atoms with E-state index in [1.807, 2.05) is 0 Å². The summed E-state index contributed by atoms with van der Waals surface area (Å²) in [6, 6.07) is 8.34. The van der Waals surface area contributed by atoms with Gasteiger partial charge in [0.25, 0.3) is 0 Å². The molecule has 22 heavy (non-hydrogen) atoms. The SMILES string of the molecule is COC(=O)[C@@H](c1ccc(Cl)cc1)c1nc(OC)cc(OC)n1. The van der Waals surface area contributed by atoms with E-state index in [1.165, 1.54) is 27.4 Å². The fourth-order valence-corrected chi connectivity index (χ4v) is 2.05. The van der Waals surface area contributed by atoms with Crippen molar-refractivity contribution in [3.05, 3.63) is 46.7 Å². The summed E-state index contributed by atoms with van der Waals surface area (Å²) in [4.78, 5) is 20.6. The van der Waals surface area contributed by atoms with Crippen LogP contribution in [0.15, 0.2) is 30.3 Å². The smallest absolute Gasteiger partial charge is 0.320 e. The van der Waals surface area contributed by atoms with Crippen LogP contribution in [0, 0.1) is 0 Å². The van der Waals surface area contributed by atoms with Crippen molar-refractivity contribution in [2.75, 3.05) is 21.3 Å². The molecule has 0 bridgehead atoms. The molecule has 1 heterocycles. The van der Waals surface area contributed by atoms with E-state index < -0.39 is 11.9 Å². The van der Waals surface area contributed by atoms with Crippen molar-refractivity contribution in [3.63, 3.8) is 0 Å². The van der Waals surface area contributed by atoms with Crippen LogP contribution in [0.25, 0.3) is 0 Å². The Bertz CT molecular complexity index is 639. The van der Waals surface area contributed by atoms with Crippen molar-refractivity contribution in [3.8, 4) is 11.8 Å². The third kappa shape index (κ3) is 3.46. The van der Waals surface area contributed by atoms with Gasteiger partial charge in [-0.3, -0.25) is 4.79 Å². The quantitative estimate of drug-likeness (QED) is 0.787. The van der Waals surface area contributed by atoms with Gasteiger partial charge in [0, 0.05) is 5.02 Å². The summed E-state index contributed by atoms with van der Waals surface area (Å²) in [5.74, 6) is -0.469. The van der Waals surface area contributed by atoms with Crippen LogP contribution in [0.4, 0.5) is 0 Å². The number of carbonyl (C=O) groups excluding carboxylic acids is 1. The summed E-state index contributed by atoms with van der Waals surface area (Å²) < 4.78 is 15.1. The first kappa shape index (κ1) is 16.0. The van der Waals surface area contributed by atoms with Crippen LogP contribution in [-0.2, 0) is 9.53 Å². The first-order chi connectivity index (χ1) is 10.6. The van der Waals surface area contributed by atoms with Gasteiger partial charge in [-0.1, -0.05) is 23.7 Å². The number of aromatic nitrogens is 2. The average Bonchev–Trinajstić information content (AvgIpc) is 2.56. The number of methoxy groups -OCH3 is 3. The zero-order valence-electron chi connectivity index (χ0n) is 12.4. The highest BCUT2D eigenvalue weighted by Gasteiger charge is 2.28. The normalized spacial score (nSPS) is 11.6. The lowest BCUT2D eigenvalue weighted by molar-refractivity contribution is -0.141. The molecule has 0 saturated heterocycles. The molecule has 2 rings (SSSR count). The molecule has 0 unspecified atom stereocenters. The highest BCUT2D eigenvalue weighted by molar-refractivity contribution is 6.30. The van der Waals surface area contributed by atoms with Gasteiger partial charge in [-0.05, 0) is 17.7 Å². The largest absolute Gasteiger partial charge is 0.481 e. The van der Waals surface area contributed by atoms with Gasteiger partial charge in [0.05, 0.1) is 27.4 Å². The highest BCUT2D eigenvalue weighted by atomic mass is 35.5. The van der Waals surface area contributed by atoms with E-state index in [0.717, 1.165) is 0 Å². The predicted octanol–water partition coefficient (Wildman–Crippen LogP) is 2.45. The Labute approximate surface area is 133 Å². The minimum atomic E-state index is -0.800. The van der Waals surface area contributed by atoms with Gasteiger partial charge in [-0.25, -0.2) is 0 Å². The van der Waals surface area contributed by atoms with Crippen molar-refractivity contribution in [1.82, 2.24) is 9.97 Å². The summed E-state index contributed by atoms with van der Waals surface area (Å²) in [5.41, 5.74) is 0.659. The monoisotopic (exact) mass is 322 g/mol. The van der Waals surface area contributed by atoms with Crippen molar-refractivity contribution < 1.29 is 19.0 Å². The molecule has 0 aliphatic rings. The van der Waals surface area contributed by atoms with Gasteiger partial charge >= 0.3 is 5.97 Å². The number of carbonyl (C=O) groups is 1. The molecule has 0 aliphatic heterocycles. The Morgan fingerprint density at radius 2 is 1.59 bits per heavy atom.